The van der Waals surface area contributed by atoms with Crippen molar-refractivity contribution < 1.29 is 9.53 Å². The Kier molecular flexibility index (Phi) is 5.29. The van der Waals surface area contributed by atoms with Crippen LogP contribution in [0, 0.1) is 0 Å². The van der Waals surface area contributed by atoms with Crippen LogP contribution in [0.15, 0.2) is 10.1 Å². The molecule has 0 bridgehead atoms. The Labute approximate surface area is 113 Å². The van der Waals surface area contributed by atoms with Crippen LogP contribution in [-0.4, -0.2) is 54.2 Å². The van der Waals surface area contributed by atoms with Crippen molar-refractivity contribution in [2.24, 2.45) is 21.7 Å². The number of hydrazone groups is 1. The molecule has 0 spiro atoms. The summed E-state index contributed by atoms with van der Waals surface area (Å²) in [5, 5.41) is 3.31. The fourth-order valence-electron chi connectivity index (χ4n) is 1.94. The minimum atomic E-state index is -0.510. The van der Waals surface area contributed by atoms with Gasteiger partial charge in [0.25, 0.3) is 0 Å². The minimum absolute atomic E-state index is 0.0316. The highest BCUT2D eigenvalue weighted by Crippen LogP contribution is 2.20. The molecule has 1 heterocycles. The molecule has 1 aliphatic heterocycles. The Morgan fingerprint density at radius 1 is 1.47 bits per heavy atom. The van der Waals surface area contributed by atoms with Crippen LogP contribution in [0.25, 0.3) is 0 Å². The molecule has 2 atom stereocenters. The third-order valence-electron chi connectivity index (χ3n) is 2.65. The van der Waals surface area contributed by atoms with Gasteiger partial charge in [-0.3, -0.25) is 4.99 Å². The summed E-state index contributed by atoms with van der Waals surface area (Å²) < 4.78 is 5.36. The van der Waals surface area contributed by atoms with Gasteiger partial charge >= 0.3 is 6.09 Å². The van der Waals surface area contributed by atoms with Crippen molar-refractivity contribution in [3.63, 3.8) is 0 Å². The highest BCUT2D eigenvalue weighted by Gasteiger charge is 2.35. The van der Waals surface area contributed by atoms with Gasteiger partial charge in [0.2, 0.25) is 0 Å². The fourth-order valence-corrected chi connectivity index (χ4v) is 1.94. The number of ether oxygens (including phenoxy) is 1. The smallest absolute Gasteiger partial charge is 0.410 e. The number of nitrogens with two attached hydrogens (primary N) is 2. The Morgan fingerprint density at radius 2 is 2.16 bits per heavy atom. The third kappa shape index (κ3) is 5.25. The normalized spacial score (nSPS) is 24.5. The van der Waals surface area contributed by atoms with Crippen molar-refractivity contribution in [3.05, 3.63) is 0 Å². The van der Waals surface area contributed by atoms with Crippen LogP contribution in [0.5, 0.6) is 0 Å². The van der Waals surface area contributed by atoms with Crippen molar-refractivity contribution in [1.82, 2.24) is 4.90 Å². The zero-order valence-electron chi connectivity index (χ0n) is 11.7. The fraction of sp³-hybridized carbons (Fsp3) is 0.750. The van der Waals surface area contributed by atoms with E-state index in [-0.39, 0.29) is 18.2 Å². The second-order valence-electron chi connectivity index (χ2n) is 5.59. The molecule has 1 aliphatic rings. The van der Waals surface area contributed by atoms with Gasteiger partial charge < -0.3 is 21.2 Å². The minimum Gasteiger partial charge on any atom is -0.444 e. The lowest BCUT2D eigenvalue weighted by Crippen LogP contribution is -2.41. The van der Waals surface area contributed by atoms with Gasteiger partial charge in [-0.2, -0.15) is 5.10 Å². The van der Waals surface area contributed by atoms with Crippen LogP contribution in [0.2, 0.25) is 0 Å². The monoisotopic (exact) mass is 269 g/mol. The number of likely N-dealkylation sites (tertiary alicyclic amines) is 1. The van der Waals surface area contributed by atoms with Gasteiger partial charge in [-0.25, -0.2) is 4.79 Å². The number of aliphatic imine (C=N–C) groups is 1. The standard InChI is InChI=1S/C12H23N5O2/c1-12(2,3)19-11(18)17-8-9(13)6-10(17)7-15-4-5-16-14/h4-5,9-10H,6-8,13-14H2,1-3H3/t9-,10+/m1/s1. The molecule has 0 unspecified atom stereocenters. The summed E-state index contributed by atoms with van der Waals surface area (Å²) in [6.45, 7) is 6.49. The highest BCUT2D eigenvalue weighted by molar-refractivity contribution is 6.15. The van der Waals surface area contributed by atoms with E-state index in [9.17, 15) is 4.79 Å². The summed E-state index contributed by atoms with van der Waals surface area (Å²) in [6.07, 6.45) is 3.29. The molecule has 108 valence electrons. The largest absolute Gasteiger partial charge is 0.444 e. The van der Waals surface area contributed by atoms with E-state index in [0.29, 0.717) is 13.1 Å². The molecule has 0 aliphatic carbocycles. The van der Waals surface area contributed by atoms with E-state index in [1.165, 1.54) is 12.4 Å². The van der Waals surface area contributed by atoms with Crippen LogP contribution in [0.4, 0.5) is 4.79 Å². The number of amides is 1. The summed E-state index contributed by atoms with van der Waals surface area (Å²) in [4.78, 5) is 17.8. The maximum absolute atomic E-state index is 12.1. The molecule has 0 radical (unpaired) electrons. The molecule has 7 heteroatoms. The molecule has 0 saturated carbocycles. The van der Waals surface area contributed by atoms with Gasteiger partial charge in [-0.15, -0.1) is 0 Å². The third-order valence-corrected chi connectivity index (χ3v) is 2.65. The molecule has 19 heavy (non-hydrogen) atoms. The second kappa shape index (κ2) is 6.51. The van der Waals surface area contributed by atoms with Crippen LogP contribution in [-0.2, 0) is 4.74 Å². The van der Waals surface area contributed by atoms with E-state index in [1.807, 2.05) is 20.8 Å². The number of carbonyl (C=O) groups is 1. The number of carbonyl (C=O) groups excluding carboxylic acids is 1. The molecular formula is C12H23N5O2. The second-order valence-corrected chi connectivity index (χ2v) is 5.59. The van der Waals surface area contributed by atoms with Crippen molar-refractivity contribution in [2.45, 2.75) is 44.9 Å². The number of hydrogen-bond donors (Lipinski definition) is 2. The molecule has 1 fully saturated rings. The van der Waals surface area contributed by atoms with Crippen molar-refractivity contribution in [3.8, 4) is 0 Å². The van der Waals surface area contributed by atoms with Crippen LogP contribution in [0.3, 0.4) is 0 Å². The molecule has 4 N–H and O–H groups in total. The Balaban J connectivity index is 2.61. The number of rotatable bonds is 3. The molecule has 0 aromatic rings. The summed E-state index contributed by atoms with van der Waals surface area (Å²) in [7, 11) is 0. The topological polar surface area (TPSA) is 106 Å². The quantitative estimate of drug-likeness (QED) is 0.437. The zero-order chi connectivity index (χ0) is 14.5. The molecule has 1 amide bonds. The first-order chi connectivity index (χ1) is 8.83. The maximum Gasteiger partial charge on any atom is 0.410 e. The lowest BCUT2D eigenvalue weighted by molar-refractivity contribution is 0.0231. The van der Waals surface area contributed by atoms with Crippen molar-refractivity contribution >= 4 is 18.5 Å². The van der Waals surface area contributed by atoms with Crippen LogP contribution in [0.1, 0.15) is 27.2 Å². The highest BCUT2D eigenvalue weighted by atomic mass is 16.6. The lowest BCUT2D eigenvalue weighted by atomic mass is 10.2. The van der Waals surface area contributed by atoms with E-state index in [4.69, 9.17) is 16.3 Å². The predicted molar refractivity (Wildman–Crippen MR) is 75.4 cm³/mol. The van der Waals surface area contributed by atoms with Gasteiger partial charge in [0.15, 0.2) is 0 Å². The summed E-state index contributed by atoms with van der Waals surface area (Å²) in [6, 6.07) is -0.0665. The average Bonchev–Trinajstić information content (AvgIpc) is 2.64. The van der Waals surface area contributed by atoms with Crippen molar-refractivity contribution in [1.29, 1.82) is 0 Å². The van der Waals surface area contributed by atoms with E-state index < -0.39 is 5.60 Å². The average molecular weight is 269 g/mol. The Morgan fingerprint density at radius 3 is 2.74 bits per heavy atom. The predicted octanol–water partition coefficient (Wildman–Crippen LogP) is 0.338. The van der Waals surface area contributed by atoms with Crippen LogP contribution >= 0.6 is 0 Å². The van der Waals surface area contributed by atoms with E-state index in [2.05, 4.69) is 10.1 Å². The van der Waals surface area contributed by atoms with Gasteiger partial charge in [0.05, 0.1) is 18.8 Å². The number of hydrogen-bond acceptors (Lipinski definition) is 6. The van der Waals surface area contributed by atoms with Gasteiger partial charge in [-0.05, 0) is 27.2 Å². The van der Waals surface area contributed by atoms with Gasteiger partial charge in [0, 0.05) is 18.8 Å². The number of nitrogens with zero attached hydrogens (tertiary/aromatic N) is 3. The Hall–Kier alpha value is -1.63. The molecular weight excluding hydrogens is 246 g/mol. The Bertz CT molecular complexity index is 362. The molecule has 1 saturated heterocycles. The van der Waals surface area contributed by atoms with E-state index in [0.717, 1.165) is 6.42 Å². The summed E-state index contributed by atoms with van der Waals surface area (Å²) in [5.41, 5.74) is 5.39. The molecule has 1 rings (SSSR count). The zero-order valence-corrected chi connectivity index (χ0v) is 11.7. The van der Waals surface area contributed by atoms with E-state index >= 15 is 0 Å². The molecule has 0 aromatic carbocycles. The first kappa shape index (κ1) is 15.4. The SMILES string of the molecule is CC(C)(C)OC(=O)N1C[C@H](N)C[C@H]1CN=CC=NN. The van der Waals surface area contributed by atoms with Gasteiger partial charge in [-0.1, -0.05) is 0 Å². The lowest BCUT2D eigenvalue weighted by Gasteiger charge is -2.27. The van der Waals surface area contributed by atoms with Crippen molar-refractivity contribution in [2.75, 3.05) is 13.1 Å². The van der Waals surface area contributed by atoms with Gasteiger partial charge in [0.1, 0.15) is 5.60 Å². The molecule has 7 nitrogen and oxygen atoms in total. The summed E-state index contributed by atoms with van der Waals surface area (Å²) in [5.74, 6) is 4.96. The maximum atomic E-state index is 12.1. The van der Waals surface area contributed by atoms with E-state index in [1.54, 1.807) is 4.90 Å². The molecule has 0 aromatic heterocycles. The first-order valence-electron chi connectivity index (χ1n) is 6.30. The summed E-state index contributed by atoms with van der Waals surface area (Å²) >= 11 is 0. The first-order valence-corrected chi connectivity index (χ1v) is 6.30. The van der Waals surface area contributed by atoms with Crippen LogP contribution < -0.4 is 11.6 Å².